The molecule has 3 amide bonds. The van der Waals surface area contributed by atoms with Crippen molar-refractivity contribution < 1.29 is 23.9 Å². The first-order valence-corrected chi connectivity index (χ1v) is 11.8. The Morgan fingerprint density at radius 1 is 1.11 bits per heavy atom. The van der Waals surface area contributed by atoms with Crippen molar-refractivity contribution >= 4 is 40.6 Å². The monoisotopic (exact) mass is 511 g/mol. The van der Waals surface area contributed by atoms with E-state index in [9.17, 15) is 14.4 Å². The summed E-state index contributed by atoms with van der Waals surface area (Å²) in [5.74, 6) is -1.26. The second-order valence-corrected chi connectivity index (χ2v) is 8.84. The van der Waals surface area contributed by atoms with E-state index < -0.39 is 23.8 Å². The van der Waals surface area contributed by atoms with Gasteiger partial charge in [0.15, 0.2) is 5.69 Å². The van der Waals surface area contributed by atoms with Gasteiger partial charge in [-0.25, -0.2) is 0 Å². The Labute approximate surface area is 213 Å². The number of hydrogen-bond donors (Lipinski definition) is 3. The van der Waals surface area contributed by atoms with Gasteiger partial charge in [0, 0.05) is 19.3 Å². The molecule has 3 rings (SSSR count). The minimum Gasteiger partial charge on any atom is -0.497 e. The van der Waals surface area contributed by atoms with Crippen molar-refractivity contribution in [3.05, 3.63) is 69.7 Å². The molecule has 1 heterocycles. The molecule has 36 heavy (non-hydrogen) atoms. The molecule has 0 aliphatic heterocycles. The molecule has 3 aromatic rings. The number of primary amides is 1. The van der Waals surface area contributed by atoms with E-state index in [0.29, 0.717) is 23.6 Å². The number of aromatic nitrogens is 1. The number of nitrogens with two attached hydrogens (primary N) is 2. The lowest BCUT2D eigenvalue weighted by Crippen LogP contribution is -2.45. The zero-order valence-corrected chi connectivity index (χ0v) is 21.3. The van der Waals surface area contributed by atoms with Gasteiger partial charge in [0.05, 0.1) is 19.4 Å². The number of rotatable bonds is 10. The lowest BCUT2D eigenvalue weighted by atomic mass is 10.0. The van der Waals surface area contributed by atoms with Crippen molar-refractivity contribution in [1.82, 2.24) is 9.69 Å². The highest BCUT2D eigenvalue weighted by Gasteiger charge is 2.36. The summed E-state index contributed by atoms with van der Waals surface area (Å²) in [6.45, 7) is 4.32. The first kappa shape index (κ1) is 26.6. The van der Waals surface area contributed by atoms with Crippen molar-refractivity contribution in [1.29, 1.82) is 0 Å². The van der Waals surface area contributed by atoms with Crippen LogP contribution in [0.3, 0.4) is 0 Å². The van der Waals surface area contributed by atoms with Crippen LogP contribution in [-0.2, 0) is 9.53 Å². The number of carbonyl (C=O) groups excluding carboxylic acids is 3. The Morgan fingerprint density at radius 2 is 1.81 bits per heavy atom. The van der Waals surface area contributed by atoms with Crippen LogP contribution in [0.15, 0.2) is 42.5 Å². The van der Waals surface area contributed by atoms with E-state index in [1.807, 2.05) is 26.0 Å². The van der Waals surface area contributed by atoms with Crippen LogP contribution in [0.5, 0.6) is 5.75 Å². The highest BCUT2D eigenvalue weighted by molar-refractivity contribution is 7.09. The minimum atomic E-state index is -1.08. The molecule has 0 fully saturated rings. The van der Waals surface area contributed by atoms with E-state index in [2.05, 4.69) is 9.69 Å². The number of carbonyl (C=O) groups is 3. The third-order valence-electron chi connectivity index (χ3n) is 5.53. The molecule has 1 atom stereocenters. The molecule has 2 aromatic carbocycles. The Morgan fingerprint density at radius 3 is 2.36 bits per heavy atom. The molecule has 10 nitrogen and oxygen atoms in total. The normalized spacial score (nSPS) is 11.6. The predicted octanol–water partition coefficient (Wildman–Crippen LogP) is 2.60. The number of amides is 3. The molecule has 1 aromatic heterocycles. The largest absolute Gasteiger partial charge is 0.497 e. The van der Waals surface area contributed by atoms with Crippen molar-refractivity contribution in [3.8, 4) is 5.75 Å². The molecule has 0 saturated heterocycles. The second kappa shape index (κ2) is 11.6. The topological polar surface area (TPSA) is 150 Å². The van der Waals surface area contributed by atoms with Gasteiger partial charge in [0.1, 0.15) is 16.7 Å². The zero-order valence-electron chi connectivity index (χ0n) is 20.5. The summed E-state index contributed by atoms with van der Waals surface area (Å²) in [6, 6.07) is 11.3. The fraction of sp³-hybridized carbons (Fsp3) is 0.280. The maximum atomic E-state index is 14.0. The third kappa shape index (κ3) is 5.64. The van der Waals surface area contributed by atoms with Crippen LogP contribution < -0.4 is 26.4 Å². The van der Waals surface area contributed by atoms with Gasteiger partial charge in [-0.15, -0.1) is 0 Å². The number of ether oxygens (including phenoxy) is 2. The summed E-state index contributed by atoms with van der Waals surface area (Å²) < 4.78 is 14.3. The van der Waals surface area contributed by atoms with Gasteiger partial charge in [-0.05, 0) is 54.7 Å². The molecule has 0 spiro atoms. The molecular formula is C25H29N5O5S. The SMILES string of the molecule is COCCNC(=O)C(c1ccc(OC)cc1)N(C(=O)c1snc(C(N)=O)c1N)c1ccc(C)cc1C. The number of anilines is 2. The number of aryl methyl sites for hydroxylation is 2. The molecule has 11 heteroatoms. The van der Waals surface area contributed by atoms with Crippen molar-refractivity contribution in [3.63, 3.8) is 0 Å². The van der Waals surface area contributed by atoms with Crippen LogP contribution in [0.25, 0.3) is 0 Å². The minimum absolute atomic E-state index is 0.00646. The summed E-state index contributed by atoms with van der Waals surface area (Å²) in [6.07, 6.45) is 0. The first-order chi connectivity index (χ1) is 17.2. The Hall–Kier alpha value is -3.96. The van der Waals surface area contributed by atoms with E-state index in [-0.39, 0.29) is 22.8 Å². The van der Waals surface area contributed by atoms with Gasteiger partial charge in [0.2, 0.25) is 5.91 Å². The van der Waals surface area contributed by atoms with Crippen LogP contribution in [0.2, 0.25) is 0 Å². The molecule has 0 aliphatic carbocycles. The highest BCUT2D eigenvalue weighted by Crippen LogP contribution is 2.35. The molecule has 190 valence electrons. The van der Waals surface area contributed by atoms with Crippen LogP contribution in [-0.4, -0.2) is 49.5 Å². The maximum absolute atomic E-state index is 14.0. The van der Waals surface area contributed by atoms with Gasteiger partial charge in [-0.1, -0.05) is 29.8 Å². The first-order valence-electron chi connectivity index (χ1n) is 11.1. The lowest BCUT2D eigenvalue weighted by molar-refractivity contribution is -0.122. The number of nitrogens with zero attached hydrogens (tertiary/aromatic N) is 2. The molecule has 0 bridgehead atoms. The molecule has 5 N–H and O–H groups in total. The van der Waals surface area contributed by atoms with Gasteiger partial charge in [-0.3, -0.25) is 19.3 Å². The van der Waals surface area contributed by atoms with Gasteiger partial charge < -0.3 is 26.3 Å². The van der Waals surface area contributed by atoms with E-state index in [1.54, 1.807) is 37.4 Å². The van der Waals surface area contributed by atoms with Crippen LogP contribution in [0.4, 0.5) is 11.4 Å². The number of methoxy groups -OCH3 is 2. The van der Waals surface area contributed by atoms with E-state index >= 15 is 0 Å². The highest BCUT2D eigenvalue weighted by atomic mass is 32.1. The van der Waals surface area contributed by atoms with Gasteiger partial charge in [0.25, 0.3) is 11.8 Å². The Bertz CT molecular complexity index is 1260. The fourth-order valence-corrected chi connectivity index (χ4v) is 4.50. The number of nitrogens with one attached hydrogen (secondary N) is 1. The zero-order chi connectivity index (χ0) is 26.4. The average Bonchev–Trinajstić information content (AvgIpc) is 3.24. The Balaban J connectivity index is 2.21. The summed E-state index contributed by atoms with van der Waals surface area (Å²) in [5.41, 5.74) is 14.0. The van der Waals surface area contributed by atoms with Crippen molar-refractivity contribution in [2.45, 2.75) is 19.9 Å². The standard InChI is InChI=1S/C25H29N5O5S/c1-14-5-10-18(15(2)13-14)30(25(33)22-19(26)20(23(27)31)29-36-22)21(24(32)28-11-12-34-3)16-6-8-17(35-4)9-7-16/h5-10,13,21H,11-12,26H2,1-4H3,(H2,27,31)(H,28,32). The lowest BCUT2D eigenvalue weighted by Gasteiger charge is -2.32. The maximum Gasteiger partial charge on any atom is 0.273 e. The van der Waals surface area contributed by atoms with E-state index in [4.69, 9.17) is 20.9 Å². The van der Waals surface area contributed by atoms with Gasteiger partial charge >= 0.3 is 0 Å². The summed E-state index contributed by atoms with van der Waals surface area (Å²) in [4.78, 5) is 40.7. The van der Waals surface area contributed by atoms with Crippen molar-refractivity contribution in [2.75, 3.05) is 38.0 Å². The summed E-state index contributed by atoms with van der Waals surface area (Å²) >= 11 is 0.758. The molecule has 1 unspecified atom stereocenters. The van der Waals surface area contributed by atoms with Crippen LogP contribution in [0, 0.1) is 13.8 Å². The van der Waals surface area contributed by atoms with Crippen LogP contribution >= 0.6 is 11.5 Å². The number of benzene rings is 2. The predicted molar refractivity (Wildman–Crippen MR) is 138 cm³/mol. The third-order valence-corrected chi connectivity index (χ3v) is 6.38. The number of nitrogen functional groups attached to an aromatic ring is 1. The van der Waals surface area contributed by atoms with E-state index in [0.717, 1.165) is 22.7 Å². The second-order valence-electron chi connectivity index (χ2n) is 8.06. The molecule has 0 aliphatic rings. The molecule has 0 radical (unpaired) electrons. The summed E-state index contributed by atoms with van der Waals surface area (Å²) in [5, 5.41) is 2.83. The molecule has 0 saturated carbocycles. The van der Waals surface area contributed by atoms with Crippen molar-refractivity contribution in [2.24, 2.45) is 5.73 Å². The fourth-order valence-electron chi connectivity index (χ4n) is 3.76. The van der Waals surface area contributed by atoms with Crippen LogP contribution in [0.1, 0.15) is 42.9 Å². The van der Waals surface area contributed by atoms with E-state index in [1.165, 1.54) is 12.0 Å². The quantitative estimate of drug-likeness (QED) is 0.354. The number of hydrogen-bond acceptors (Lipinski definition) is 8. The van der Waals surface area contributed by atoms with Gasteiger partial charge in [-0.2, -0.15) is 4.37 Å². The Kier molecular flexibility index (Phi) is 8.62. The summed E-state index contributed by atoms with van der Waals surface area (Å²) in [7, 11) is 3.07. The molecular weight excluding hydrogens is 482 g/mol. The average molecular weight is 512 g/mol. The smallest absolute Gasteiger partial charge is 0.273 e.